The van der Waals surface area contributed by atoms with Crippen molar-refractivity contribution in [2.45, 2.75) is 45.6 Å². The first-order valence-corrected chi connectivity index (χ1v) is 6.73. The summed E-state index contributed by atoms with van der Waals surface area (Å²) in [5.74, 6) is 0. The molecule has 4 nitrogen and oxygen atoms in total. The van der Waals surface area contributed by atoms with Crippen LogP contribution < -0.4 is 5.32 Å². The average Bonchev–Trinajstić information content (AvgIpc) is 2.33. The van der Waals surface area contributed by atoms with Gasteiger partial charge in [0.25, 0.3) is 0 Å². The fourth-order valence-corrected chi connectivity index (χ4v) is 2.77. The molecule has 1 saturated carbocycles. The van der Waals surface area contributed by atoms with E-state index < -0.39 is 0 Å². The van der Waals surface area contributed by atoms with Gasteiger partial charge in [-0.25, -0.2) is 4.79 Å². The molecule has 2 amide bonds. The highest BCUT2D eigenvalue weighted by Crippen LogP contribution is 2.35. The first-order valence-electron chi connectivity index (χ1n) is 6.73. The number of rotatable bonds is 1. The predicted molar refractivity (Wildman–Crippen MR) is 67.0 cm³/mol. The molecule has 0 bridgehead atoms. The van der Waals surface area contributed by atoms with Gasteiger partial charge in [0.1, 0.15) is 0 Å². The minimum absolute atomic E-state index is 0.0910. The van der Waals surface area contributed by atoms with Gasteiger partial charge in [0.2, 0.25) is 0 Å². The van der Waals surface area contributed by atoms with Crippen molar-refractivity contribution >= 4 is 6.03 Å². The summed E-state index contributed by atoms with van der Waals surface area (Å²) in [6.07, 6.45) is 4.85. The highest BCUT2D eigenvalue weighted by atomic mass is 16.5. The lowest BCUT2D eigenvalue weighted by atomic mass is 9.73. The third-order valence-corrected chi connectivity index (χ3v) is 4.10. The van der Waals surface area contributed by atoms with Crippen molar-refractivity contribution in [2.24, 2.45) is 5.41 Å². The van der Waals surface area contributed by atoms with E-state index in [2.05, 4.69) is 19.2 Å². The van der Waals surface area contributed by atoms with Crippen LogP contribution in [0.2, 0.25) is 0 Å². The second kappa shape index (κ2) is 5.25. The Morgan fingerprint density at radius 3 is 2.65 bits per heavy atom. The molecule has 2 fully saturated rings. The lowest BCUT2D eigenvalue weighted by Gasteiger charge is -2.40. The Hall–Kier alpha value is -0.770. The van der Waals surface area contributed by atoms with Crippen molar-refractivity contribution in [3.05, 3.63) is 0 Å². The molecule has 1 heterocycles. The highest BCUT2D eigenvalue weighted by molar-refractivity contribution is 5.74. The number of hydrogen-bond acceptors (Lipinski definition) is 2. The zero-order chi connectivity index (χ0) is 12.3. The largest absolute Gasteiger partial charge is 0.378 e. The van der Waals surface area contributed by atoms with Gasteiger partial charge in [0, 0.05) is 19.1 Å². The van der Waals surface area contributed by atoms with Crippen molar-refractivity contribution in [2.75, 3.05) is 26.3 Å². The first kappa shape index (κ1) is 12.7. The van der Waals surface area contributed by atoms with Crippen LogP contribution in [0.25, 0.3) is 0 Å². The Morgan fingerprint density at radius 1 is 1.29 bits per heavy atom. The molecule has 1 N–H and O–H groups in total. The van der Waals surface area contributed by atoms with Crippen LogP contribution >= 0.6 is 0 Å². The Morgan fingerprint density at radius 2 is 2.00 bits per heavy atom. The van der Waals surface area contributed by atoms with Gasteiger partial charge in [0.05, 0.1) is 13.2 Å². The molecule has 17 heavy (non-hydrogen) atoms. The normalized spacial score (nSPS) is 28.8. The number of nitrogens with one attached hydrogen (secondary N) is 1. The highest BCUT2D eigenvalue weighted by Gasteiger charge is 2.34. The van der Waals surface area contributed by atoms with E-state index in [-0.39, 0.29) is 11.4 Å². The van der Waals surface area contributed by atoms with E-state index >= 15 is 0 Å². The van der Waals surface area contributed by atoms with Gasteiger partial charge in [-0.3, -0.25) is 0 Å². The van der Waals surface area contributed by atoms with Gasteiger partial charge < -0.3 is 15.0 Å². The van der Waals surface area contributed by atoms with Gasteiger partial charge in [-0.2, -0.15) is 0 Å². The van der Waals surface area contributed by atoms with Crippen LogP contribution in [0, 0.1) is 5.41 Å². The van der Waals surface area contributed by atoms with E-state index in [1.165, 1.54) is 19.3 Å². The SMILES string of the molecule is CC1(C)CCCCC1NC(=O)N1CCOCC1. The lowest BCUT2D eigenvalue weighted by Crippen LogP contribution is -2.53. The van der Waals surface area contributed by atoms with Crippen LogP contribution in [-0.2, 0) is 4.74 Å². The second-order valence-electron chi connectivity index (χ2n) is 5.84. The number of morpholine rings is 1. The number of carbonyl (C=O) groups excluding carboxylic acids is 1. The van der Waals surface area contributed by atoms with Crippen LogP contribution in [0.3, 0.4) is 0 Å². The molecular weight excluding hydrogens is 216 g/mol. The molecule has 98 valence electrons. The third kappa shape index (κ3) is 3.12. The predicted octanol–water partition coefficient (Wildman–Crippen LogP) is 2.00. The molecule has 1 atom stereocenters. The molecule has 0 radical (unpaired) electrons. The maximum Gasteiger partial charge on any atom is 0.317 e. The Labute approximate surface area is 104 Å². The summed E-state index contributed by atoms with van der Waals surface area (Å²) in [7, 11) is 0. The summed E-state index contributed by atoms with van der Waals surface area (Å²) in [6, 6.07) is 0.417. The Bertz CT molecular complexity index is 273. The number of ether oxygens (including phenoxy) is 1. The summed E-state index contributed by atoms with van der Waals surface area (Å²) in [4.78, 5) is 14.0. The van der Waals surface area contributed by atoms with Crippen molar-refractivity contribution in [1.82, 2.24) is 10.2 Å². The van der Waals surface area contributed by atoms with Crippen molar-refractivity contribution < 1.29 is 9.53 Å². The molecule has 4 heteroatoms. The molecule has 0 aromatic carbocycles. The topological polar surface area (TPSA) is 41.6 Å². The molecule has 2 rings (SSSR count). The van der Waals surface area contributed by atoms with Crippen molar-refractivity contribution in [1.29, 1.82) is 0 Å². The van der Waals surface area contributed by atoms with Crippen LogP contribution in [0.5, 0.6) is 0 Å². The van der Waals surface area contributed by atoms with Crippen molar-refractivity contribution in [3.8, 4) is 0 Å². The summed E-state index contributed by atoms with van der Waals surface area (Å²) in [6.45, 7) is 7.30. The second-order valence-corrected chi connectivity index (χ2v) is 5.84. The van der Waals surface area contributed by atoms with E-state index in [1.54, 1.807) is 0 Å². The summed E-state index contributed by atoms with van der Waals surface area (Å²) >= 11 is 0. The molecule has 1 saturated heterocycles. The van der Waals surface area contributed by atoms with E-state index in [9.17, 15) is 4.79 Å². The standard InChI is InChI=1S/C13H24N2O2/c1-13(2)6-4-3-5-11(13)14-12(16)15-7-9-17-10-8-15/h11H,3-10H2,1-2H3,(H,14,16). The lowest BCUT2D eigenvalue weighted by molar-refractivity contribution is 0.0496. The van der Waals surface area contributed by atoms with Crippen LogP contribution in [-0.4, -0.2) is 43.3 Å². The number of amides is 2. The van der Waals surface area contributed by atoms with E-state index in [4.69, 9.17) is 4.74 Å². The van der Waals surface area contributed by atoms with Gasteiger partial charge in [-0.05, 0) is 18.3 Å². The maximum absolute atomic E-state index is 12.1. The third-order valence-electron chi connectivity index (χ3n) is 4.10. The first-order chi connectivity index (χ1) is 8.09. The number of nitrogens with zero attached hydrogens (tertiary/aromatic N) is 1. The molecule has 2 aliphatic rings. The average molecular weight is 240 g/mol. The Balaban J connectivity index is 1.88. The van der Waals surface area contributed by atoms with Gasteiger partial charge in [-0.15, -0.1) is 0 Å². The van der Waals surface area contributed by atoms with E-state index in [0.29, 0.717) is 19.3 Å². The fraction of sp³-hybridized carbons (Fsp3) is 0.923. The minimum atomic E-state index is 0.0910. The quantitative estimate of drug-likeness (QED) is 0.761. The number of hydrogen-bond donors (Lipinski definition) is 1. The molecule has 0 aromatic heterocycles. The number of carbonyl (C=O) groups is 1. The molecule has 1 aliphatic heterocycles. The molecular formula is C13H24N2O2. The van der Waals surface area contributed by atoms with Crippen LogP contribution in [0.15, 0.2) is 0 Å². The minimum Gasteiger partial charge on any atom is -0.378 e. The van der Waals surface area contributed by atoms with Crippen LogP contribution in [0.4, 0.5) is 4.79 Å². The molecule has 1 aliphatic carbocycles. The van der Waals surface area contributed by atoms with Crippen molar-refractivity contribution in [3.63, 3.8) is 0 Å². The molecule has 0 aromatic rings. The van der Waals surface area contributed by atoms with Gasteiger partial charge >= 0.3 is 6.03 Å². The Kier molecular flexibility index (Phi) is 3.92. The van der Waals surface area contributed by atoms with Gasteiger partial charge in [-0.1, -0.05) is 26.7 Å². The monoisotopic (exact) mass is 240 g/mol. The zero-order valence-corrected chi connectivity index (χ0v) is 11.0. The summed E-state index contributed by atoms with van der Waals surface area (Å²) < 4.78 is 5.26. The number of urea groups is 1. The van der Waals surface area contributed by atoms with Gasteiger partial charge in [0.15, 0.2) is 0 Å². The smallest absolute Gasteiger partial charge is 0.317 e. The summed E-state index contributed by atoms with van der Waals surface area (Å²) in [5.41, 5.74) is 0.236. The zero-order valence-electron chi connectivity index (χ0n) is 11.0. The maximum atomic E-state index is 12.1. The molecule has 0 spiro atoms. The molecule has 1 unspecified atom stereocenters. The van der Waals surface area contributed by atoms with E-state index in [0.717, 1.165) is 19.5 Å². The van der Waals surface area contributed by atoms with Crippen LogP contribution in [0.1, 0.15) is 39.5 Å². The summed E-state index contributed by atoms with van der Waals surface area (Å²) in [5, 5.41) is 3.21. The van der Waals surface area contributed by atoms with E-state index in [1.807, 2.05) is 4.90 Å². The fourth-order valence-electron chi connectivity index (χ4n) is 2.77.